The van der Waals surface area contributed by atoms with Crippen LogP contribution in [0.1, 0.15) is 6.42 Å². The minimum Gasteiger partial charge on any atom is -0.351 e. The molecule has 0 spiro atoms. The van der Waals surface area contributed by atoms with Crippen LogP contribution in [0.25, 0.3) is 0 Å². The lowest BCUT2D eigenvalue weighted by molar-refractivity contribution is 0.673. The minimum atomic E-state index is -0.123. The van der Waals surface area contributed by atoms with E-state index < -0.39 is 0 Å². The van der Waals surface area contributed by atoms with Crippen LogP contribution in [-0.4, -0.2) is 36.1 Å². The highest BCUT2D eigenvalue weighted by Gasteiger charge is 2.21. The number of rotatable bonds is 2. The Balaban J connectivity index is 2.22. The number of likely N-dealkylation sites (N-methyl/N-ethyl adjacent to an activating group) is 1. The number of anilines is 1. The first kappa shape index (κ1) is 9.21. The van der Waals surface area contributed by atoms with Gasteiger partial charge in [-0.3, -0.25) is 4.79 Å². The quantitative estimate of drug-likeness (QED) is 0.670. The first-order valence-corrected chi connectivity index (χ1v) is 4.76. The molecule has 14 heavy (non-hydrogen) atoms. The fourth-order valence-electron chi connectivity index (χ4n) is 1.74. The molecule has 0 amide bonds. The third-order valence-electron chi connectivity index (χ3n) is 2.60. The van der Waals surface area contributed by atoms with Crippen LogP contribution < -0.4 is 15.8 Å². The van der Waals surface area contributed by atoms with Crippen LogP contribution in [0, 0.1) is 0 Å². The van der Waals surface area contributed by atoms with Gasteiger partial charge in [-0.05, 0) is 13.0 Å². The van der Waals surface area contributed by atoms with E-state index in [-0.39, 0.29) is 5.56 Å². The van der Waals surface area contributed by atoms with Crippen LogP contribution >= 0.6 is 0 Å². The molecule has 1 aromatic heterocycles. The molecule has 1 atom stereocenters. The highest BCUT2D eigenvalue weighted by molar-refractivity contribution is 5.35. The van der Waals surface area contributed by atoms with Gasteiger partial charge < -0.3 is 15.2 Å². The minimum absolute atomic E-state index is 0.123. The summed E-state index contributed by atoms with van der Waals surface area (Å²) in [6.07, 6.45) is 4.22. The van der Waals surface area contributed by atoms with E-state index in [0.29, 0.717) is 11.9 Å². The molecule has 1 fully saturated rings. The van der Waals surface area contributed by atoms with Gasteiger partial charge in [0, 0.05) is 32.0 Å². The van der Waals surface area contributed by atoms with E-state index in [9.17, 15) is 4.79 Å². The molecular formula is C9H14N4O. The molecule has 1 aliphatic heterocycles. The predicted molar refractivity (Wildman–Crippen MR) is 54.5 cm³/mol. The Labute approximate surface area is 82.2 Å². The molecule has 0 bridgehead atoms. The lowest BCUT2D eigenvalue weighted by Crippen LogP contribution is -2.37. The monoisotopic (exact) mass is 194 g/mol. The van der Waals surface area contributed by atoms with Gasteiger partial charge >= 0.3 is 0 Å². The maximum Gasteiger partial charge on any atom is 0.290 e. The van der Waals surface area contributed by atoms with Crippen molar-refractivity contribution in [3.8, 4) is 0 Å². The van der Waals surface area contributed by atoms with Crippen molar-refractivity contribution in [2.24, 2.45) is 0 Å². The number of hydrogen-bond donors (Lipinski definition) is 2. The van der Waals surface area contributed by atoms with Gasteiger partial charge in [0.15, 0.2) is 5.82 Å². The molecule has 0 aromatic carbocycles. The number of H-pyrrole nitrogens is 1. The van der Waals surface area contributed by atoms with Gasteiger partial charge in [0.2, 0.25) is 0 Å². The maximum absolute atomic E-state index is 11.4. The number of aromatic amines is 1. The average Bonchev–Trinajstić information content (AvgIpc) is 2.70. The van der Waals surface area contributed by atoms with E-state index in [1.165, 1.54) is 0 Å². The van der Waals surface area contributed by atoms with Gasteiger partial charge in [-0.15, -0.1) is 0 Å². The van der Waals surface area contributed by atoms with E-state index in [1.54, 1.807) is 12.4 Å². The molecule has 5 nitrogen and oxygen atoms in total. The molecule has 2 N–H and O–H groups in total. The molecule has 1 aliphatic rings. The molecule has 2 rings (SSSR count). The Bertz CT molecular complexity index is 356. The van der Waals surface area contributed by atoms with Gasteiger partial charge in [-0.1, -0.05) is 0 Å². The van der Waals surface area contributed by atoms with E-state index >= 15 is 0 Å². The van der Waals surface area contributed by atoms with Crippen LogP contribution in [-0.2, 0) is 0 Å². The van der Waals surface area contributed by atoms with E-state index in [1.807, 2.05) is 11.9 Å². The Morgan fingerprint density at radius 3 is 3.14 bits per heavy atom. The zero-order chi connectivity index (χ0) is 9.97. The second-order valence-electron chi connectivity index (χ2n) is 3.50. The maximum atomic E-state index is 11.4. The number of aromatic nitrogens is 2. The first-order valence-electron chi connectivity index (χ1n) is 4.76. The molecule has 76 valence electrons. The Morgan fingerprint density at radius 2 is 2.50 bits per heavy atom. The second kappa shape index (κ2) is 3.79. The molecule has 1 saturated heterocycles. The van der Waals surface area contributed by atoms with Gasteiger partial charge in [-0.25, -0.2) is 4.98 Å². The van der Waals surface area contributed by atoms with E-state index in [4.69, 9.17) is 0 Å². The standard InChI is InChI=1S/C9H14N4O/c1-13(7-2-3-10-6-7)8-9(14)12-5-4-11-8/h4-5,7,10H,2-3,6H2,1H3,(H,12,14). The van der Waals surface area contributed by atoms with E-state index in [0.717, 1.165) is 19.5 Å². The molecule has 0 aliphatic carbocycles. The Hall–Kier alpha value is -1.36. The summed E-state index contributed by atoms with van der Waals surface area (Å²) in [4.78, 5) is 20.1. The van der Waals surface area contributed by atoms with Crippen molar-refractivity contribution in [1.29, 1.82) is 0 Å². The zero-order valence-electron chi connectivity index (χ0n) is 8.16. The SMILES string of the molecule is CN(c1ncc[nH]c1=O)C1CCNC1. The normalized spacial score (nSPS) is 21.1. The number of hydrogen-bond acceptors (Lipinski definition) is 4. The summed E-state index contributed by atoms with van der Waals surface area (Å²) in [5.74, 6) is 0.501. The molecule has 1 aromatic rings. The number of nitrogens with zero attached hydrogens (tertiary/aromatic N) is 2. The fourth-order valence-corrected chi connectivity index (χ4v) is 1.74. The molecule has 2 heterocycles. The van der Waals surface area contributed by atoms with Crippen LogP contribution in [0.2, 0.25) is 0 Å². The molecule has 5 heteroatoms. The summed E-state index contributed by atoms with van der Waals surface area (Å²) in [5.41, 5.74) is -0.123. The Kier molecular flexibility index (Phi) is 2.49. The fraction of sp³-hybridized carbons (Fsp3) is 0.556. The topological polar surface area (TPSA) is 61.0 Å². The summed E-state index contributed by atoms with van der Waals surface area (Å²) in [6.45, 7) is 1.94. The van der Waals surface area contributed by atoms with Crippen LogP contribution in [0.3, 0.4) is 0 Å². The molecule has 1 unspecified atom stereocenters. The lowest BCUT2D eigenvalue weighted by Gasteiger charge is -2.23. The van der Waals surface area contributed by atoms with Crippen molar-refractivity contribution in [3.05, 3.63) is 22.7 Å². The average molecular weight is 194 g/mol. The largest absolute Gasteiger partial charge is 0.351 e. The number of nitrogens with one attached hydrogen (secondary N) is 2. The summed E-state index contributed by atoms with van der Waals surface area (Å²) < 4.78 is 0. The zero-order valence-corrected chi connectivity index (χ0v) is 8.16. The first-order chi connectivity index (χ1) is 6.79. The molecular weight excluding hydrogens is 180 g/mol. The van der Waals surface area contributed by atoms with Gasteiger partial charge in [0.1, 0.15) is 0 Å². The van der Waals surface area contributed by atoms with Crippen molar-refractivity contribution >= 4 is 5.82 Å². The van der Waals surface area contributed by atoms with Crippen LogP contribution in [0.5, 0.6) is 0 Å². The van der Waals surface area contributed by atoms with Crippen molar-refractivity contribution in [1.82, 2.24) is 15.3 Å². The smallest absolute Gasteiger partial charge is 0.290 e. The summed E-state index contributed by atoms with van der Waals surface area (Å²) >= 11 is 0. The summed E-state index contributed by atoms with van der Waals surface area (Å²) in [6, 6.07) is 0.381. The highest BCUT2D eigenvalue weighted by Crippen LogP contribution is 2.10. The Morgan fingerprint density at radius 1 is 1.64 bits per heavy atom. The highest BCUT2D eigenvalue weighted by atomic mass is 16.1. The van der Waals surface area contributed by atoms with Gasteiger partial charge in [0.25, 0.3) is 5.56 Å². The third kappa shape index (κ3) is 1.63. The summed E-state index contributed by atoms with van der Waals surface area (Å²) in [7, 11) is 1.91. The van der Waals surface area contributed by atoms with Crippen molar-refractivity contribution in [2.75, 3.05) is 25.0 Å². The van der Waals surface area contributed by atoms with Crippen molar-refractivity contribution < 1.29 is 0 Å². The summed E-state index contributed by atoms with van der Waals surface area (Å²) in [5, 5.41) is 3.26. The van der Waals surface area contributed by atoms with Gasteiger partial charge in [-0.2, -0.15) is 0 Å². The van der Waals surface area contributed by atoms with E-state index in [2.05, 4.69) is 15.3 Å². The van der Waals surface area contributed by atoms with Crippen molar-refractivity contribution in [2.45, 2.75) is 12.5 Å². The lowest BCUT2D eigenvalue weighted by atomic mass is 10.2. The van der Waals surface area contributed by atoms with Gasteiger partial charge in [0.05, 0.1) is 0 Å². The second-order valence-corrected chi connectivity index (χ2v) is 3.50. The predicted octanol–water partition coefficient (Wildman–Crippen LogP) is -0.432. The third-order valence-corrected chi connectivity index (χ3v) is 2.60. The van der Waals surface area contributed by atoms with Crippen LogP contribution in [0.4, 0.5) is 5.82 Å². The van der Waals surface area contributed by atoms with Crippen molar-refractivity contribution in [3.63, 3.8) is 0 Å². The molecule has 0 radical (unpaired) electrons. The van der Waals surface area contributed by atoms with Crippen LogP contribution in [0.15, 0.2) is 17.2 Å². The molecule has 0 saturated carbocycles.